The molecule has 1 aromatic heterocycles. The molecule has 0 bridgehead atoms. The number of rotatable bonds is 3. The molecule has 0 saturated carbocycles. The fourth-order valence-electron chi connectivity index (χ4n) is 2.55. The van der Waals surface area contributed by atoms with Gasteiger partial charge in [-0.05, 0) is 34.1 Å². The molecular weight excluding hydrogens is 258 g/mol. The van der Waals surface area contributed by atoms with E-state index in [-0.39, 0.29) is 17.9 Å². The molecule has 1 aliphatic heterocycles. The van der Waals surface area contributed by atoms with E-state index in [0.29, 0.717) is 18.1 Å². The molecule has 2 amide bonds. The van der Waals surface area contributed by atoms with Gasteiger partial charge in [0.1, 0.15) is 23.4 Å². The molecule has 6 nitrogen and oxygen atoms in total. The fraction of sp³-hybridized carbons (Fsp3) is 0.643. The number of piperazine rings is 1. The summed E-state index contributed by atoms with van der Waals surface area (Å²) in [5.74, 6) is 0.896. The molecule has 6 heteroatoms. The first-order chi connectivity index (χ1) is 9.27. The van der Waals surface area contributed by atoms with Crippen LogP contribution >= 0.6 is 0 Å². The van der Waals surface area contributed by atoms with Crippen LogP contribution in [0.4, 0.5) is 0 Å². The second-order valence-corrected chi connectivity index (χ2v) is 5.74. The summed E-state index contributed by atoms with van der Waals surface area (Å²) in [5, 5.41) is 2.77. The Balaban J connectivity index is 2.38. The molecule has 2 atom stereocenters. The van der Waals surface area contributed by atoms with E-state index in [0.717, 1.165) is 0 Å². The van der Waals surface area contributed by atoms with Gasteiger partial charge in [0, 0.05) is 0 Å². The van der Waals surface area contributed by atoms with E-state index in [1.807, 2.05) is 13.8 Å². The molecule has 0 aliphatic carbocycles. The van der Waals surface area contributed by atoms with Crippen molar-refractivity contribution in [3.8, 4) is 0 Å². The van der Waals surface area contributed by atoms with Gasteiger partial charge in [0.25, 0.3) is 0 Å². The van der Waals surface area contributed by atoms with E-state index in [9.17, 15) is 9.59 Å². The molecule has 0 spiro atoms. The Bertz CT molecular complexity index is 536. The number of nitrogens with one attached hydrogen (secondary N) is 1. The van der Waals surface area contributed by atoms with Crippen LogP contribution in [0.15, 0.2) is 10.6 Å². The Morgan fingerprint density at radius 3 is 2.65 bits per heavy atom. The zero-order chi connectivity index (χ0) is 15.1. The molecule has 0 radical (unpaired) electrons. The summed E-state index contributed by atoms with van der Waals surface area (Å²) in [6.45, 7) is 8.94. The van der Waals surface area contributed by atoms with Gasteiger partial charge < -0.3 is 14.6 Å². The maximum Gasteiger partial charge on any atom is 0.249 e. The summed E-state index contributed by atoms with van der Waals surface area (Å²) in [6.07, 6.45) is 2.17. The molecule has 0 aromatic carbocycles. The Labute approximate surface area is 118 Å². The highest BCUT2D eigenvalue weighted by molar-refractivity contribution is 5.99. The number of aromatic nitrogens is 1. The SMILES string of the molecule is CCC1C(=O)NC(C)(C)C(=O)N1C(C)c1ncc(C)o1. The Hall–Kier alpha value is -1.85. The van der Waals surface area contributed by atoms with Crippen LogP contribution in [0.25, 0.3) is 0 Å². The lowest BCUT2D eigenvalue weighted by atomic mass is 9.94. The Morgan fingerprint density at radius 1 is 1.50 bits per heavy atom. The minimum absolute atomic E-state index is 0.118. The van der Waals surface area contributed by atoms with Gasteiger partial charge in [0.2, 0.25) is 17.7 Å². The molecule has 20 heavy (non-hydrogen) atoms. The largest absolute Gasteiger partial charge is 0.444 e. The lowest BCUT2D eigenvalue weighted by Crippen LogP contribution is -2.68. The highest BCUT2D eigenvalue weighted by Gasteiger charge is 2.47. The lowest BCUT2D eigenvalue weighted by molar-refractivity contribution is -0.157. The number of carbonyl (C=O) groups excluding carboxylic acids is 2. The van der Waals surface area contributed by atoms with Gasteiger partial charge in [-0.2, -0.15) is 0 Å². The van der Waals surface area contributed by atoms with E-state index in [4.69, 9.17) is 4.42 Å². The molecule has 1 saturated heterocycles. The van der Waals surface area contributed by atoms with E-state index < -0.39 is 11.6 Å². The number of aryl methyl sites for hydroxylation is 1. The average Bonchev–Trinajstić information content (AvgIpc) is 2.79. The van der Waals surface area contributed by atoms with Gasteiger partial charge in [-0.25, -0.2) is 4.98 Å². The number of oxazole rings is 1. The molecule has 2 heterocycles. The van der Waals surface area contributed by atoms with Gasteiger partial charge in [-0.1, -0.05) is 6.92 Å². The van der Waals surface area contributed by atoms with Crippen LogP contribution in [-0.2, 0) is 9.59 Å². The van der Waals surface area contributed by atoms with Crippen molar-refractivity contribution in [3.63, 3.8) is 0 Å². The fourth-order valence-corrected chi connectivity index (χ4v) is 2.55. The molecule has 1 aliphatic rings. The summed E-state index contributed by atoms with van der Waals surface area (Å²) < 4.78 is 5.51. The van der Waals surface area contributed by atoms with Crippen LogP contribution in [0.1, 0.15) is 51.8 Å². The molecule has 1 fully saturated rings. The van der Waals surface area contributed by atoms with Gasteiger partial charge in [-0.3, -0.25) is 9.59 Å². The summed E-state index contributed by atoms with van der Waals surface area (Å²) in [4.78, 5) is 30.6. The minimum atomic E-state index is -0.904. The average molecular weight is 279 g/mol. The predicted octanol–water partition coefficient (Wildman–Crippen LogP) is 1.56. The minimum Gasteiger partial charge on any atom is -0.444 e. The van der Waals surface area contributed by atoms with E-state index >= 15 is 0 Å². The maximum absolute atomic E-state index is 12.6. The topological polar surface area (TPSA) is 75.4 Å². The van der Waals surface area contributed by atoms with Crippen molar-refractivity contribution in [1.82, 2.24) is 15.2 Å². The monoisotopic (exact) mass is 279 g/mol. The van der Waals surface area contributed by atoms with Crippen LogP contribution in [0.2, 0.25) is 0 Å². The van der Waals surface area contributed by atoms with Gasteiger partial charge in [-0.15, -0.1) is 0 Å². The van der Waals surface area contributed by atoms with Crippen LogP contribution in [-0.4, -0.2) is 33.3 Å². The normalized spacial score (nSPS) is 23.6. The third-order valence-corrected chi connectivity index (χ3v) is 3.64. The first-order valence-corrected chi connectivity index (χ1v) is 6.85. The van der Waals surface area contributed by atoms with Crippen molar-refractivity contribution in [3.05, 3.63) is 17.8 Å². The predicted molar refractivity (Wildman–Crippen MR) is 72.8 cm³/mol. The van der Waals surface area contributed by atoms with Crippen molar-refractivity contribution in [1.29, 1.82) is 0 Å². The van der Waals surface area contributed by atoms with Crippen molar-refractivity contribution < 1.29 is 14.0 Å². The van der Waals surface area contributed by atoms with Crippen molar-refractivity contribution in [2.45, 2.75) is 58.7 Å². The molecular formula is C14H21N3O3. The van der Waals surface area contributed by atoms with Crippen molar-refractivity contribution in [2.75, 3.05) is 0 Å². The first-order valence-electron chi connectivity index (χ1n) is 6.85. The molecule has 2 rings (SSSR count). The Kier molecular flexibility index (Phi) is 3.58. The molecule has 2 unspecified atom stereocenters. The summed E-state index contributed by atoms with van der Waals surface area (Å²) in [5.41, 5.74) is -0.904. The maximum atomic E-state index is 12.6. The molecule has 1 N–H and O–H groups in total. The van der Waals surface area contributed by atoms with Crippen LogP contribution in [0.3, 0.4) is 0 Å². The highest BCUT2D eigenvalue weighted by atomic mass is 16.4. The smallest absolute Gasteiger partial charge is 0.249 e. The van der Waals surface area contributed by atoms with Gasteiger partial charge in [0.15, 0.2) is 0 Å². The summed E-state index contributed by atoms with van der Waals surface area (Å²) in [6, 6.07) is -0.857. The zero-order valence-electron chi connectivity index (χ0n) is 12.6. The molecule has 110 valence electrons. The number of nitrogens with zero attached hydrogens (tertiary/aromatic N) is 2. The first kappa shape index (κ1) is 14.6. The van der Waals surface area contributed by atoms with E-state index in [1.54, 1.807) is 31.9 Å². The second kappa shape index (κ2) is 4.92. The number of carbonyl (C=O) groups is 2. The highest BCUT2D eigenvalue weighted by Crippen LogP contribution is 2.29. The van der Waals surface area contributed by atoms with Crippen molar-refractivity contribution in [2.24, 2.45) is 0 Å². The van der Waals surface area contributed by atoms with Crippen LogP contribution in [0.5, 0.6) is 0 Å². The summed E-state index contributed by atoms with van der Waals surface area (Å²) in [7, 11) is 0. The number of hydrogen-bond acceptors (Lipinski definition) is 4. The lowest BCUT2D eigenvalue weighted by Gasteiger charge is -2.44. The van der Waals surface area contributed by atoms with Gasteiger partial charge in [0.05, 0.1) is 6.20 Å². The van der Waals surface area contributed by atoms with Crippen LogP contribution < -0.4 is 5.32 Å². The number of hydrogen-bond donors (Lipinski definition) is 1. The van der Waals surface area contributed by atoms with Crippen LogP contribution in [0, 0.1) is 6.92 Å². The van der Waals surface area contributed by atoms with E-state index in [1.165, 1.54) is 0 Å². The second-order valence-electron chi connectivity index (χ2n) is 5.74. The Morgan fingerprint density at radius 2 is 2.15 bits per heavy atom. The summed E-state index contributed by atoms with van der Waals surface area (Å²) >= 11 is 0. The number of amides is 2. The van der Waals surface area contributed by atoms with Gasteiger partial charge >= 0.3 is 0 Å². The third kappa shape index (κ3) is 2.30. The molecule has 1 aromatic rings. The standard InChI is InChI=1S/C14H21N3O3/c1-6-10-11(18)16-14(4,5)13(19)17(10)9(3)12-15-7-8(2)20-12/h7,9-10H,6H2,1-5H3,(H,16,18). The quantitative estimate of drug-likeness (QED) is 0.911. The zero-order valence-corrected chi connectivity index (χ0v) is 12.6. The van der Waals surface area contributed by atoms with E-state index in [2.05, 4.69) is 10.3 Å². The van der Waals surface area contributed by atoms with Crippen molar-refractivity contribution >= 4 is 11.8 Å². The third-order valence-electron chi connectivity index (χ3n) is 3.64.